The van der Waals surface area contributed by atoms with Gasteiger partial charge in [0.25, 0.3) is 0 Å². The summed E-state index contributed by atoms with van der Waals surface area (Å²) in [5.74, 6) is 0.0445. The smallest absolute Gasteiger partial charge is 0.311 e. The molecule has 0 rings (SSSR count). The molecular weight excluding hydrogens is 152 g/mol. The molecule has 0 heterocycles. The first-order valence-electron chi connectivity index (χ1n) is 4.18. The Balaban J connectivity index is 4.48. The molecule has 0 saturated heterocycles. The fourth-order valence-corrected chi connectivity index (χ4v) is 0.978. The Morgan fingerprint density at radius 3 is 2.33 bits per heavy atom. The molecule has 12 heavy (non-hydrogen) atoms. The van der Waals surface area contributed by atoms with E-state index in [2.05, 4.69) is 0 Å². The van der Waals surface area contributed by atoms with Gasteiger partial charge in [-0.05, 0) is 26.7 Å². The minimum absolute atomic E-state index is 0.159. The van der Waals surface area contributed by atoms with Gasteiger partial charge in [-0.2, -0.15) is 0 Å². The van der Waals surface area contributed by atoms with E-state index in [-0.39, 0.29) is 11.9 Å². The molecular formula is C10H18O2. The second kappa shape index (κ2) is 4.29. The lowest BCUT2D eigenvalue weighted by Crippen LogP contribution is -2.31. The van der Waals surface area contributed by atoms with Crippen molar-refractivity contribution < 1.29 is 9.53 Å². The number of rotatable bonds is 3. The maximum Gasteiger partial charge on any atom is 0.311 e. The predicted octanol–water partition coefficient (Wildman–Crippen LogP) is 2.40. The van der Waals surface area contributed by atoms with E-state index in [0.29, 0.717) is 0 Å². The van der Waals surface area contributed by atoms with Crippen molar-refractivity contribution in [3.05, 3.63) is 12.2 Å². The number of allylic oxidation sites excluding steroid dienone is 2. The van der Waals surface area contributed by atoms with Crippen LogP contribution in [0.3, 0.4) is 0 Å². The Morgan fingerprint density at radius 2 is 2.00 bits per heavy atom. The molecule has 1 unspecified atom stereocenters. The quantitative estimate of drug-likeness (QED) is 0.480. The summed E-state index contributed by atoms with van der Waals surface area (Å²) in [6.45, 7) is 7.74. The molecule has 2 nitrogen and oxygen atoms in total. The average molecular weight is 170 g/mol. The Morgan fingerprint density at radius 1 is 1.50 bits per heavy atom. The summed E-state index contributed by atoms with van der Waals surface area (Å²) in [6, 6.07) is 0. The van der Waals surface area contributed by atoms with Crippen LogP contribution < -0.4 is 0 Å². The van der Waals surface area contributed by atoms with Crippen LogP contribution in [0.25, 0.3) is 0 Å². The molecule has 0 aliphatic rings. The van der Waals surface area contributed by atoms with E-state index in [0.717, 1.165) is 0 Å². The molecule has 0 radical (unpaired) electrons. The zero-order valence-corrected chi connectivity index (χ0v) is 8.55. The summed E-state index contributed by atoms with van der Waals surface area (Å²) in [5, 5.41) is 0. The zero-order chi connectivity index (χ0) is 9.78. The molecule has 0 spiro atoms. The lowest BCUT2D eigenvalue weighted by atomic mass is 9.80. The minimum atomic E-state index is -0.429. The first-order chi connectivity index (χ1) is 5.46. The maximum absolute atomic E-state index is 11.3. The van der Waals surface area contributed by atoms with Crippen molar-refractivity contribution >= 4 is 5.97 Å². The molecule has 0 aromatic heterocycles. The molecule has 0 aliphatic carbocycles. The van der Waals surface area contributed by atoms with Crippen molar-refractivity contribution in [1.82, 2.24) is 0 Å². The van der Waals surface area contributed by atoms with Crippen LogP contribution in [0, 0.1) is 11.3 Å². The standard InChI is InChI=1S/C10H18O2/c1-6-7-8(2)10(3,4)9(11)12-5/h6-8H,1-5H3/b7-6+. The Kier molecular flexibility index (Phi) is 4.01. The summed E-state index contributed by atoms with van der Waals surface area (Å²) in [6.07, 6.45) is 3.96. The van der Waals surface area contributed by atoms with Gasteiger partial charge in [-0.15, -0.1) is 0 Å². The van der Waals surface area contributed by atoms with Gasteiger partial charge in [-0.3, -0.25) is 4.79 Å². The van der Waals surface area contributed by atoms with Crippen molar-refractivity contribution in [2.45, 2.75) is 27.7 Å². The molecule has 0 saturated carbocycles. The highest BCUT2D eigenvalue weighted by Gasteiger charge is 2.33. The maximum atomic E-state index is 11.3. The van der Waals surface area contributed by atoms with Crippen LogP contribution >= 0.6 is 0 Å². The Hall–Kier alpha value is -0.790. The average Bonchev–Trinajstić information content (AvgIpc) is 2.03. The summed E-state index contributed by atoms with van der Waals surface area (Å²) >= 11 is 0. The summed E-state index contributed by atoms with van der Waals surface area (Å²) < 4.78 is 4.71. The van der Waals surface area contributed by atoms with E-state index in [4.69, 9.17) is 4.74 Å². The van der Waals surface area contributed by atoms with Crippen LogP contribution in [-0.2, 0) is 9.53 Å². The van der Waals surface area contributed by atoms with E-state index in [1.54, 1.807) is 0 Å². The number of esters is 1. The first kappa shape index (κ1) is 11.2. The van der Waals surface area contributed by atoms with Crippen molar-refractivity contribution in [2.24, 2.45) is 11.3 Å². The lowest BCUT2D eigenvalue weighted by Gasteiger charge is -2.26. The van der Waals surface area contributed by atoms with E-state index in [1.165, 1.54) is 7.11 Å². The topological polar surface area (TPSA) is 26.3 Å². The highest BCUT2D eigenvalue weighted by atomic mass is 16.5. The first-order valence-corrected chi connectivity index (χ1v) is 4.18. The molecule has 0 aromatic carbocycles. The highest BCUT2D eigenvalue weighted by Crippen LogP contribution is 2.28. The SMILES string of the molecule is C/C=C/C(C)C(C)(C)C(=O)OC. The molecule has 0 N–H and O–H groups in total. The number of carbonyl (C=O) groups is 1. The fourth-order valence-electron chi connectivity index (χ4n) is 0.978. The summed E-state index contributed by atoms with van der Waals surface area (Å²) in [5.41, 5.74) is -0.429. The van der Waals surface area contributed by atoms with Crippen LogP contribution in [0.1, 0.15) is 27.7 Å². The number of hydrogen-bond donors (Lipinski definition) is 0. The fraction of sp³-hybridized carbons (Fsp3) is 0.700. The molecule has 0 aromatic rings. The number of carbonyl (C=O) groups excluding carboxylic acids is 1. The molecule has 0 amide bonds. The normalized spacial score (nSPS) is 14.8. The van der Waals surface area contributed by atoms with E-state index < -0.39 is 5.41 Å². The highest BCUT2D eigenvalue weighted by molar-refractivity contribution is 5.76. The largest absolute Gasteiger partial charge is 0.469 e. The van der Waals surface area contributed by atoms with Crippen LogP contribution in [0.2, 0.25) is 0 Å². The molecule has 2 heteroatoms. The molecule has 70 valence electrons. The third kappa shape index (κ3) is 2.36. The minimum Gasteiger partial charge on any atom is -0.469 e. The van der Waals surface area contributed by atoms with Crippen molar-refractivity contribution in [3.63, 3.8) is 0 Å². The van der Waals surface area contributed by atoms with Gasteiger partial charge < -0.3 is 4.74 Å². The van der Waals surface area contributed by atoms with Crippen molar-refractivity contribution in [3.8, 4) is 0 Å². The Bertz CT molecular complexity index is 180. The third-order valence-electron chi connectivity index (χ3n) is 2.33. The Labute approximate surface area is 74.6 Å². The second-order valence-corrected chi connectivity index (χ2v) is 3.53. The van der Waals surface area contributed by atoms with Gasteiger partial charge in [-0.1, -0.05) is 19.1 Å². The van der Waals surface area contributed by atoms with Crippen LogP contribution in [0.4, 0.5) is 0 Å². The molecule has 0 fully saturated rings. The van der Waals surface area contributed by atoms with Gasteiger partial charge in [0.05, 0.1) is 12.5 Å². The van der Waals surface area contributed by atoms with E-state index >= 15 is 0 Å². The second-order valence-electron chi connectivity index (χ2n) is 3.53. The van der Waals surface area contributed by atoms with Crippen LogP contribution in [0.5, 0.6) is 0 Å². The number of methoxy groups -OCH3 is 1. The molecule has 1 atom stereocenters. The lowest BCUT2D eigenvalue weighted by molar-refractivity contribution is -0.152. The van der Waals surface area contributed by atoms with Gasteiger partial charge in [0.15, 0.2) is 0 Å². The van der Waals surface area contributed by atoms with Gasteiger partial charge in [0.2, 0.25) is 0 Å². The van der Waals surface area contributed by atoms with Gasteiger partial charge >= 0.3 is 5.97 Å². The zero-order valence-electron chi connectivity index (χ0n) is 8.55. The van der Waals surface area contributed by atoms with Crippen molar-refractivity contribution in [1.29, 1.82) is 0 Å². The van der Waals surface area contributed by atoms with Gasteiger partial charge in [0.1, 0.15) is 0 Å². The van der Waals surface area contributed by atoms with Gasteiger partial charge in [0, 0.05) is 0 Å². The summed E-state index contributed by atoms with van der Waals surface area (Å²) in [7, 11) is 1.42. The van der Waals surface area contributed by atoms with Crippen LogP contribution in [-0.4, -0.2) is 13.1 Å². The molecule has 0 aliphatic heterocycles. The van der Waals surface area contributed by atoms with E-state index in [1.807, 2.05) is 39.8 Å². The number of hydrogen-bond acceptors (Lipinski definition) is 2. The van der Waals surface area contributed by atoms with E-state index in [9.17, 15) is 4.79 Å². The van der Waals surface area contributed by atoms with Gasteiger partial charge in [-0.25, -0.2) is 0 Å². The van der Waals surface area contributed by atoms with Crippen molar-refractivity contribution in [2.75, 3.05) is 7.11 Å². The third-order valence-corrected chi connectivity index (χ3v) is 2.33. The molecule has 0 bridgehead atoms. The number of ether oxygens (including phenoxy) is 1. The predicted molar refractivity (Wildman–Crippen MR) is 49.8 cm³/mol. The monoisotopic (exact) mass is 170 g/mol. The summed E-state index contributed by atoms with van der Waals surface area (Å²) in [4.78, 5) is 11.3. The van der Waals surface area contributed by atoms with Crippen LogP contribution in [0.15, 0.2) is 12.2 Å².